The number of unbranched alkanes of at least 4 members (excludes halogenated alkanes) is 2. The number of aromatic nitrogens is 1. The third-order valence-corrected chi connectivity index (χ3v) is 6.57. The number of nitrogens with two attached hydrogens (primary N) is 1. The highest BCUT2D eigenvalue weighted by atomic mass is 32.1. The van der Waals surface area contributed by atoms with Gasteiger partial charge in [0.2, 0.25) is 0 Å². The summed E-state index contributed by atoms with van der Waals surface area (Å²) in [5.41, 5.74) is 8.87. The SMILES string of the molecule is CCCC.CCCC.Cc1ccc(Nc2nc(N)c(C(C)c3c(F)cccc3P)s2)cc1. The molecule has 1 heterocycles. The molecule has 0 bridgehead atoms. The van der Waals surface area contributed by atoms with Crippen LogP contribution in [0.15, 0.2) is 42.5 Å². The molecule has 0 amide bonds. The predicted molar refractivity (Wildman–Crippen MR) is 145 cm³/mol. The number of hydrogen-bond acceptors (Lipinski definition) is 4. The van der Waals surface area contributed by atoms with Crippen molar-refractivity contribution in [3.8, 4) is 0 Å². The van der Waals surface area contributed by atoms with E-state index in [2.05, 4.69) is 47.2 Å². The molecule has 176 valence electrons. The van der Waals surface area contributed by atoms with E-state index >= 15 is 0 Å². The van der Waals surface area contributed by atoms with Gasteiger partial charge in [-0.25, -0.2) is 9.37 Å². The minimum Gasteiger partial charge on any atom is -0.383 e. The highest BCUT2D eigenvalue weighted by Crippen LogP contribution is 2.37. The van der Waals surface area contributed by atoms with Crippen LogP contribution in [-0.2, 0) is 0 Å². The molecule has 2 atom stereocenters. The Morgan fingerprint density at radius 3 is 2.06 bits per heavy atom. The number of halogens is 1. The minimum absolute atomic E-state index is 0.162. The van der Waals surface area contributed by atoms with Crippen molar-refractivity contribution in [2.75, 3.05) is 11.1 Å². The van der Waals surface area contributed by atoms with Gasteiger partial charge in [0.15, 0.2) is 5.13 Å². The van der Waals surface area contributed by atoms with E-state index in [4.69, 9.17) is 5.73 Å². The average Bonchev–Trinajstić information content (AvgIpc) is 3.15. The second kappa shape index (κ2) is 15.0. The average molecular weight is 476 g/mol. The number of benzene rings is 2. The van der Waals surface area contributed by atoms with Gasteiger partial charge in [-0.1, -0.05) is 101 Å². The fourth-order valence-electron chi connectivity index (χ4n) is 2.61. The zero-order chi connectivity index (χ0) is 24.1. The zero-order valence-corrected chi connectivity index (χ0v) is 22.3. The Labute approximate surface area is 200 Å². The molecule has 1 aromatic heterocycles. The molecular weight excluding hydrogens is 436 g/mol. The monoisotopic (exact) mass is 475 g/mol. The maximum absolute atomic E-state index is 14.2. The zero-order valence-electron chi connectivity index (χ0n) is 20.3. The molecule has 0 radical (unpaired) electrons. The number of anilines is 3. The van der Waals surface area contributed by atoms with E-state index in [1.54, 1.807) is 6.07 Å². The van der Waals surface area contributed by atoms with Gasteiger partial charge < -0.3 is 11.1 Å². The maximum Gasteiger partial charge on any atom is 0.189 e. The van der Waals surface area contributed by atoms with Gasteiger partial charge in [0.05, 0.1) is 4.88 Å². The molecule has 0 aliphatic heterocycles. The number of hydrogen-bond donors (Lipinski definition) is 2. The van der Waals surface area contributed by atoms with Crippen molar-refractivity contribution in [1.82, 2.24) is 4.98 Å². The van der Waals surface area contributed by atoms with Gasteiger partial charge in [0, 0.05) is 17.2 Å². The van der Waals surface area contributed by atoms with Crippen molar-refractivity contribution in [3.63, 3.8) is 0 Å². The predicted octanol–water partition coefficient (Wildman–Crippen LogP) is 8.18. The Kier molecular flexibility index (Phi) is 13.1. The van der Waals surface area contributed by atoms with Gasteiger partial charge in [-0.2, -0.15) is 0 Å². The van der Waals surface area contributed by atoms with Crippen LogP contribution in [0, 0.1) is 12.7 Å². The molecule has 6 heteroatoms. The summed E-state index contributed by atoms with van der Waals surface area (Å²) in [5, 5.41) is 4.80. The first-order chi connectivity index (χ1) is 15.3. The molecule has 3 nitrogen and oxygen atoms in total. The molecule has 2 aromatic carbocycles. The fourth-order valence-corrected chi connectivity index (χ4v) is 4.07. The van der Waals surface area contributed by atoms with Crippen LogP contribution in [0.25, 0.3) is 0 Å². The number of nitrogens with zero attached hydrogens (tertiary/aromatic N) is 1. The van der Waals surface area contributed by atoms with E-state index in [9.17, 15) is 4.39 Å². The molecule has 0 fully saturated rings. The largest absolute Gasteiger partial charge is 0.383 e. The summed E-state index contributed by atoms with van der Waals surface area (Å²) >= 11 is 1.46. The molecule has 0 saturated heterocycles. The van der Waals surface area contributed by atoms with Crippen molar-refractivity contribution in [2.24, 2.45) is 0 Å². The molecule has 3 N–H and O–H groups in total. The van der Waals surface area contributed by atoms with Crippen LogP contribution in [-0.4, -0.2) is 4.98 Å². The van der Waals surface area contributed by atoms with E-state index < -0.39 is 0 Å². The van der Waals surface area contributed by atoms with Gasteiger partial charge >= 0.3 is 0 Å². The summed E-state index contributed by atoms with van der Waals surface area (Å²) in [6, 6.07) is 13.1. The van der Waals surface area contributed by atoms with Gasteiger partial charge in [-0.05, 0) is 30.4 Å². The molecule has 2 unspecified atom stereocenters. The number of nitrogens with one attached hydrogen (secondary N) is 1. The second-order valence-corrected chi connectivity index (χ2v) is 9.38. The summed E-state index contributed by atoms with van der Waals surface area (Å²) in [4.78, 5) is 5.25. The molecule has 3 rings (SSSR count). The smallest absolute Gasteiger partial charge is 0.189 e. The lowest BCUT2D eigenvalue weighted by molar-refractivity contribution is 0.606. The minimum atomic E-state index is -0.226. The second-order valence-electron chi connectivity index (χ2n) is 7.72. The van der Waals surface area contributed by atoms with E-state index in [1.165, 1.54) is 48.6 Å². The number of thiazole rings is 1. The van der Waals surface area contributed by atoms with Gasteiger partial charge in [0.25, 0.3) is 0 Å². The molecule has 0 saturated carbocycles. The highest BCUT2D eigenvalue weighted by Gasteiger charge is 2.21. The summed E-state index contributed by atoms with van der Waals surface area (Å²) < 4.78 is 14.2. The lowest BCUT2D eigenvalue weighted by Crippen LogP contribution is -2.10. The van der Waals surface area contributed by atoms with Crippen molar-refractivity contribution in [1.29, 1.82) is 0 Å². The molecule has 0 spiro atoms. The third kappa shape index (κ3) is 8.88. The first kappa shape index (κ1) is 28.1. The van der Waals surface area contributed by atoms with Crippen molar-refractivity contribution < 1.29 is 4.39 Å². The van der Waals surface area contributed by atoms with Gasteiger partial charge in [-0.15, -0.1) is 9.24 Å². The van der Waals surface area contributed by atoms with Crippen LogP contribution in [0.2, 0.25) is 0 Å². The Morgan fingerprint density at radius 2 is 1.56 bits per heavy atom. The number of aryl methyl sites for hydroxylation is 1. The van der Waals surface area contributed by atoms with Gasteiger partial charge in [-0.3, -0.25) is 0 Å². The lowest BCUT2D eigenvalue weighted by Gasteiger charge is -2.14. The van der Waals surface area contributed by atoms with E-state index in [0.29, 0.717) is 16.5 Å². The summed E-state index contributed by atoms with van der Waals surface area (Å²) in [6.07, 6.45) is 5.28. The quantitative estimate of drug-likeness (QED) is 0.353. The molecule has 0 aliphatic carbocycles. The van der Waals surface area contributed by atoms with Crippen LogP contribution < -0.4 is 16.4 Å². The molecule has 0 aliphatic rings. The van der Waals surface area contributed by atoms with E-state index in [-0.39, 0.29) is 11.7 Å². The molecule has 3 aromatic rings. The van der Waals surface area contributed by atoms with Crippen molar-refractivity contribution in [3.05, 3.63) is 64.3 Å². The summed E-state index contributed by atoms with van der Waals surface area (Å²) in [6.45, 7) is 12.7. The van der Waals surface area contributed by atoms with Gasteiger partial charge in [0.1, 0.15) is 11.6 Å². The van der Waals surface area contributed by atoms with Crippen LogP contribution in [0.1, 0.15) is 82.2 Å². The maximum atomic E-state index is 14.2. The summed E-state index contributed by atoms with van der Waals surface area (Å²) in [7, 11) is 2.59. The van der Waals surface area contributed by atoms with Crippen molar-refractivity contribution >= 4 is 42.5 Å². The van der Waals surface area contributed by atoms with Crippen LogP contribution in [0.5, 0.6) is 0 Å². The van der Waals surface area contributed by atoms with Crippen LogP contribution >= 0.6 is 20.6 Å². The normalized spacial score (nSPS) is 11.0. The summed E-state index contributed by atoms with van der Waals surface area (Å²) in [5.74, 6) is 0.0513. The fraction of sp³-hybridized carbons (Fsp3) is 0.423. The number of nitrogen functional groups attached to an aromatic ring is 1. The first-order valence-corrected chi connectivity index (χ1v) is 12.8. The van der Waals surface area contributed by atoms with E-state index in [0.717, 1.165) is 15.9 Å². The van der Waals surface area contributed by atoms with E-state index in [1.807, 2.05) is 44.2 Å². The third-order valence-electron chi connectivity index (χ3n) is 4.90. The Morgan fingerprint density at radius 1 is 1.00 bits per heavy atom. The molecule has 32 heavy (non-hydrogen) atoms. The number of rotatable bonds is 6. The van der Waals surface area contributed by atoms with Crippen LogP contribution in [0.4, 0.5) is 21.0 Å². The lowest BCUT2D eigenvalue weighted by atomic mass is 9.99. The first-order valence-electron chi connectivity index (χ1n) is 11.4. The molecular formula is C26H39FN3PS. The Balaban J connectivity index is 0.000000554. The van der Waals surface area contributed by atoms with Crippen molar-refractivity contribution in [2.45, 2.75) is 73.1 Å². The standard InChI is InChI=1S/C18H19FN3PS.2C4H10/c1-10-6-8-12(9-7-10)21-18-22-17(20)16(24-18)11(2)15-13(19)4-3-5-14(15)23;2*1-3-4-2/h3-9,11H,20,23H2,1-2H3,(H,21,22);2*3-4H2,1-2H3. The Hall–Kier alpha value is -1.97. The van der Waals surface area contributed by atoms with Crippen LogP contribution in [0.3, 0.4) is 0 Å². The highest BCUT2D eigenvalue weighted by molar-refractivity contribution is 7.27. The Bertz CT molecular complexity index is 897. The topological polar surface area (TPSA) is 50.9 Å².